The van der Waals surface area contributed by atoms with Crippen molar-refractivity contribution in [2.24, 2.45) is 0 Å². The lowest BCUT2D eigenvalue weighted by molar-refractivity contribution is 0.195. The quantitative estimate of drug-likeness (QED) is 0.163. The fourth-order valence-corrected chi connectivity index (χ4v) is 16.7. The van der Waals surface area contributed by atoms with Crippen molar-refractivity contribution in [3.63, 3.8) is 0 Å². The number of aryl methyl sites for hydroxylation is 2. The molecule has 2 atom stereocenters. The predicted octanol–water partition coefficient (Wildman–Crippen LogP) is 17.7. The smallest absolute Gasteiger partial charge is 0.252 e. The first-order valence-corrected chi connectivity index (χ1v) is 29.7. The van der Waals surface area contributed by atoms with Gasteiger partial charge in [-0.1, -0.05) is 163 Å². The molecule has 7 aromatic rings. The molecule has 392 valence electrons. The molecule has 14 rings (SSSR count). The lowest BCUT2D eigenvalue weighted by atomic mass is 9.33. The molecule has 3 aliphatic heterocycles. The first-order chi connectivity index (χ1) is 36.3. The zero-order chi connectivity index (χ0) is 53.9. The second-order valence-electron chi connectivity index (χ2n) is 29.5. The molecule has 1 saturated carbocycles. The summed E-state index contributed by atoms with van der Waals surface area (Å²) >= 11 is 0. The van der Waals surface area contributed by atoms with Gasteiger partial charge in [0.15, 0.2) is 0 Å². The van der Waals surface area contributed by atoms with Gasteiger partial charge in [-0.25, -0.2) is 0 Å². The van der Waals surface area contributed by atoms with Crippen molar-refractivity contribution in [1.82, 2.24) is 0 Å². The van der Waals surface area contributed by atoms with Crippen molar-refractivity contribution in [1.29, 1.82) is 0 Å². The standard InChI is InChI=1S/C73H82BN3/c1-44-35-63-66-64(36-44)76(60-42-53-51(37-45(60)2)68(6,7)31-33-70(53,10)11)61-40-49(77-58-28-25-48(67(3,4)5)39-55(58)72(14)29-18-19-30-73(72,77)15)26-27-56(61)74(66)57-41-52-54(71(12,13)34-32-69(52,8)9)43-62(57)75(63)59-24-20-22-47-38-46-21-16-17-23-50(46)65(47)59/h16-17,20-28,35-37,39-43H,18-19,29-34,38H2,1-15H3. The van der Waals surface area contributed by atoms with Crippen molar-refractivity contribution in [3.05, 3.63) is 171 Å². The number of anilines is 8. The third kappa shape index (κ3) is 6.75. The molecule has 0 bridgehead atoms. The van der Waals surface area contributed by atoms with Crippen LogP contribution in [-0.4, -0.2) is 12.3 Å². The van der Waals surface area contributed by atoms with Crippen LogP contribution in [0.5, 0.6) is 0 Å². The summed E-state index contributed by atoms with van der Waals surface area (Å²) in [7, 11) is 0. The third-order valence-electron chi connectivity index (χ3n) is 21.8. The van der Waals surface area contributed by atoms with E-state index >= 15 is 0 Å². The normalized spacial score (nSPS) is 23.2. The van der Waals surface area contributed by atoms with Crippen LogP contribution in [0.4, 0.5) is 45.5 Å². The van der Waals surface area contributed by atoms with E-state index in [1.165, 1.54) is 180 Å². The van der Waals surface area contributed by atoms with E-state index in [0.29, 0.717) is 0 Å². The van der Waals surface area contributed by atoms with Crippen LogP contribution in [0.3, 0.4) is 0 Å². The van der Waals surface area contributed by atoms with Gasteiger partial charge in [-0.2, -0.15) is 0 Å². The van der Waals surface area contributed by atoms with Crippen LogP contribution in [0.2, 0.25) is 0 Å². The summed E-state index contributed by atoms with van der Waals surface area (Å²) in [6, 6.07) is 47.5. The molecule has 0 aromatic heterocycles. The highest BCUT2D eigenvalue weighted by molar-refractivity contribution is 7.00. The fraction of sp³-hybridized carbons (Fsp3) is 0.425. The Hall–Kier alpha value is -6.00. The average Bonchev–Trinajstić information content (AvgIpc) is 4.09. The van der Waals surface area contributed by atoms with Crippen molar-refractivity contribution in [3.8, 4) is 11.1 Å². The van der Waals surface area contributed by atoms with Crippen molar-refractivity contribution in [2.75, 3.05) is 14.7 Å². The summed E-state index contributed by atoms with van der Waals surface area (Å²) in [4.78, 5) is 8.35. The number of hydrogen-bond acceptors (Lipinski definition) is 3. The van der Waals surface area contributed by atoms with Gasteiger partial charge in [-0.15, -0.1) is 0 Å². The van der Waals surface area contributed by atoms with Crippen LogP contribution in [-0.2, 0) is 38.9 Å². The van der Waals surface area contributed by atoms with Gasteiger partial charge in [0.25, 0.3) is 6.71 Å². The Morgan fingerprint density at radius 1 is 0.455 bits per heavy atom. The summed E-state index contributed by atoms with van der Waals surface area (Å²) in [6.45, 7) is 37.1. The lowest BCUT2D eigenvalue weighted by Crippen LogP contribution is -2.62. The highest BCUT2D eigenvalue weighted by atomic mass is 15.3. The minimum Gasteiger partial charge on any atom is -0.334 e. The second-order valence-corrected chi connectivity index (χ2v) is 29.5. The predicted molar refractivity (Wildman–Crippen MR) is 330 cm³/mol. The molecule has 0 saturated heterocycles. The molecule has 7 aromatic carbocycles. The van der Waals surface area contributed by atoms with E-state index in [-0.39, 0.29) is 44.7 Å². The lowest BCUT2D eigenvalue weighted by Gasteiger charge is -2.51. The largest absolute Gasteiger partial charge is 0.334 e. The summed E-state index contributed by atoms with van der Waals surface area (Å²) in [5.41, 5.74) is 32.4. The van der Waals surface area contributed by atoms with Gasteiger partial charge in [-0.3, -0.25) is 0 Å². The first kappa shape index (κ1) is 49.3. The van der Waals surface area contributed by atoms with Crippen LogP contribution in [0.1, 0.15) is 197 Å². The second kappa shape index (κ2) is 15.9. The molecule has 0 N–H and O–H groups in total. The zero-order valence-electron chi connectivity index (χ0n) is 49.3. The van der Waals surface area contributed by atoms with Crippen LogP contribution < -0.4 is 31.1 Å². The minimum atomic E-state index is -0.0826. The topological polar surface area (TPSA) is 9.72 Å². The number of benzene rings is 7. The fourth-order valence-electron chi connectivity index (χ4n) is 16.7. The summed E-state index contributed by atoms with van der Waals surface area (Å²) in [5.74, 6) is 0. The molecule has 0 amide bonds. The number of hydrogen-bond donors (Lipinski definition) is 0. The van der Waals surface area contributed by atoms with Crippen LogP contribution in [0, 0.1) is 13.8 Å². The maximum atomic E-state index is 2.83. The molecule has 3 nitrogen and oxygen atoms in total. The number of rotatable bonds is 3. The Kier molecular flexibility index (Phi) is 10.2. The van der Waals surface area contributed by atoms with Gasteiger partial charge in [0, 0.05) is 50.8 Å². The molecular weight excluding hydrogens is 930 g/mol. The van der Waals surface area contributed by atoms with Gasteiger partial charge in [-0.05, 0) is 219 Å². The molecular formula is C73H82BN3. The van der Waals surface area contributed by atoms with Gasteiger partial charge in [0.05, 0.1) is 11.2 Å². The number of fused-ring (bicyclic) bond motifs is 12. The molecule has 0 spiro atoms. The molecule has 3 heterocycles. The molecule has 1 fully saturated rings. The van der Waals surface area contributed by atoms with Crippen molar-refractivity contribution < 1.29 is 0 Å². The van der Waals surface area contributed by atoms with E-state index in [2.05, 4.69) is 234 Å². The maximum Gasteiger partial charge on any atom is 0.252 e. The van der Waals surface area contributed by atoms with Gasteiger partial charge >= 0.3 is 0 Å². The molecule has 0 radical (unpaired) electrons. The van der Waals surface area contributed by atoms with Gasteiger partial charge < -0.3 is 14.7 Å². The SMILES string of the molecule is Cc1cc2c3c(c1)N(c1cccc4c1-c1ccccc1C4)c1cc4c(cc1B3c1ccc(N3c5ccc(C(C)(C)C)cc5C5(C)CCCCC35C)cc1N2c1cc2c(cc1C)C(C)(C)CCC2(C)C)C(C)(C)CCC4(C)C. The highest BCUT2D eigenvalue weighted by Gasteiger charge is 2.58. The van der Waals surface area contributed by atoms with Gasteiger partial charge in [0.1, 0.15) is 0 Å². The summed E-state index contributed by atoms with van der Waals surface area (Å²) in [5, 5.41) is 0. The Morgan fingerprint density at radius 2 is 1.04 bits per heavy atom. The summed E-state index contributed by atoms with van der Waals surface area (Å²) in [6.07, 6.45) is 10.6. The van der Waals surface area contributed by atoms with Crippen molar-refractivity contribution >= 4 is 68.6 Å². The average molecular weight is 1010 g/mol. The highest BCUT2D eigenvalue weighted by Crippen LogP contribution is 2.62. The third-order valence-corrected chi connectivity index (χ3v) is 21.8. The monoisotopic (exact) mass is 1010 g/mol. The van der Waals surface area contributed by atoms with Crippen LogP contribution in [0.25, 0.3) is 11.1 Å². The Balaban J connectivity index is 1.09. The number of nitrogens with zero attached hydrogens (tertiary/aromatic N) is 3. The molecule has 77 heavy (non-hydrogen) atoms. The first-order valence-electron chi connectivity index (χ1n) is 29.7. The Labute approximate surface area is 462 Å². The molecule has 2 unspecified atom stereocenters. The van der Waals surface area contributed by atoms with Gasteiger partial charge in [0.2, 0.25) is 0 Å². The Bertz CT molecular complexity index is 3710. The molecule has 4 heteroatoms. The zero-order valence-corrected chi connectivity index (χ0v) is 49.3. The van der Waals surface area contributed by atoms with E-state index in [9.17, 15) is 0 Å². The van der Waals surface area contributed by atoms with Crippen molar-refractivity contribution in [2.45, 2.75) is 200 Å². The molecule has 7 aliphatic rings. The minimum absolute atomic E-state index is 0.0198. The van der Waals surface area contributed by atoms with E-state index in [1.54, 1.807) is 0 Å². The van der Waals surface area contributed by atoms with E-state index in [1.807, 2.05) is 0 Å². The van der Waals surface area contributed by atoms with Crippen LogP contribution >= 0.6 is 0 Å². The van der Waals surface area contributed by atoms with E-state index < -0.39 is 0 Å². The van der Waals surface area contributed by atoms with Crippen LogP contribution in [0.15, 0.2) is 115 Å². The molecule has 4 aliphatic carbocycles. The van der Waals surface area contributed by atoms with E-state index in [4.69, 9.17) is 0 Å². The maximum absolute atomic E-state index is 2.83. The van der Waals surface area contributed by atoms with E-state index in [0.717, 1.165) is 6.42 Å². The Morgan fingerprint density at radius 3 is 1.71 bits per heavy atom. The summed E-state index contributed by atoms with van der Waals surface area (Å²) < 4.78 is 0.